The maximum atomic E-state index is 4.56. The van der Waals surface area contributed by atoms with Gasteiger partial charge in [-0.3, -0.25) is 0 Å². The standard InChI is InChI=1S/C47H30N2S2/c1-3-9-36(10-4-1)47(37-11-5-2-6-12-37)42-25-35(31-15-19-33(20-16-31)44-27-50-29-48-44)23-24-40(42)46-39-14-8-7-13-38(39)41(26-43(46)47)32-17-21-34(22-18-32)45-28-51-30-49-45/h1-30H. The Balaban J connectivity index is 1.25. The fourth-order valence-corrected chi connectivity index (χ4v) is 9.25. The molecule has 4 heteroatoms. The van der Waals surface area contributed by atoms with Gasteiger partial charge in [0.15, 0.2) is 0 Å². The lowest BCUT2D eigenvalue weighted by atomic mass is 9.67. The molecule has 2 heterocycles. The molecule has 0 N–H and O–H groups in total. The van der Waals surface area contributed by atoms with Gasteiger partial charge in [0.2, 0.25) is 0 Å². The molecule has 10 rings (SSSR count). The van der Waals surface area contributed by atoms with Crippen LogP contribution in [0.25, 0.3) is 66.7 Å². The van der Waals surface area contributed by atoms with E-state index < -0.39 is 5.41 Å². The van der Waals surface area contributed by atoms with Gasteiger partial charge < -0.3 is 0 Å². The van der Waals surface area contributed by atoms with E-state index in [-0.39, 0.29) is 0 Å². The van der Waals surface area contributed by atoms with Crippen LogP contribution in [-0.4, -0.2) is 9.97 Å². The van der Waals surface area contributed by atoms with Crippen molar-refractivity contribution >= 4 is 33.4 Å². The Bertz CT molecular complexity index is 2600. The molecule has 9 aromatic rings. The van der Waals surface area contributed by atoms with Crippen molar-refractivity contribution in [3.8, 4) is 55.9 Å². The maximum absolute atomic E-state index is 4.56. The number of thiazole rings is 2. The van der Waals surface area contributed by atoms with Crippen molar-refractivity contribution in [3.63, 3.8) is 0 Å². The minimum Gasteiger partial charge on any atom is -0.245 e. The van der Waals surface area contributed by atoms with Gasteiger partial charge in [-0.2, -0.15) is 0 Å². The molecule has 0 atom stereocenters. The molecular weight excluding hydrogens is 657 g/mol. The molecule has 0 radical (unpaired) electrons. The van der Waals surface area contributed by atoms with Gasteiger partial charge >= 0.3 is 0 Å². The molecule has 1 aliphatic carbocycles. The highest BCUT2D eigenvalue weighted by Crippen LogP contribution is 2.59. The van der Waals surface area contributed by atoms with Gasteiger partial charge in [0.25, 0.3) is 0 Å². The third-order valence-corrected chi connectivity index (χ3v) is 11.6. The van der Waals surface area contributed by atoms with Crippen molar-refractivity contribution in [2.75, 3.05) is 0 Å². The number of benzene rings is 7. The zero-order chi connectivity index (χ0) is 33.8. The Labute approximate surface area is 305 Å². The number of hydrogen-bond acceptors (Lipinski definition) is 4. The summed E-state index contributed by atoms with van der Waals surface area (Å²) in [6, 6.07) is 58.4. The number of aromatic nitrogens is 2. The normalized spacial score (nSPS) is 12.9. The van der Waals surface area contributed by atoms with Crippen molar-refractivity contribution in [3.05, 3.63) is 202 Å². The van der Waals surface area contributed by atoms with Crippen LogP contribution in [0.15, 0.2) is 180 Å². The molecule has 2 nitrogen and oxygen atoms in total. The first-order valence-corrected chi connectivity index (χ1v) is 19.0. The fraction of sp³-hybridized carbons (Fsp3) is 0.0213. The summed E-state index contributed by atoms with van der Waals surface area (Å²) in [5.41, 5.74) is 20.1. The Kier molecular flexibility index (Phi) is 7.12. The zero-order valence-electron chi connectivity index (χ0n) is 27.5. The van der Waals surface area contributed by atoms with Gasteiger partial charge in [0, 0.05) is 21.9 Å². The van der Waals surface area contributed by atoms with Crippen molar-refractivity contribution < 1.29 is 0 Å². The van der Waals surface area contributed by atoms with Crippen LogP contribution in [-0.2, 0) is 5.41 Å². The SMILES string of the molecule is c1ccc(C2(c3ccccc3)c3cc(-c4ccc(-c5cscn5)cc4)ccc3-c3c2cc(-c2ccc(-c4cscn4)cc2)c2ccccc32)cc1. The predicted octanol–water partition coefficient (Wildman–Crippen LogP) is 12.8. The molecule has 0 bridgehead atoms. The second kappa shape index (κ2) is 12.1. The van der Waals surface area contributed by atoms with E-state index >= 15 is 0 Å². The van der Waals surface area contributed by atoms with E-state index in [1.807, 2.05) is 11.0 Å². The van der Waals surface area contributed by atoms with Crippen LogP contribution in [0.2, 0.25) is 0 Å². The van der Waals surface area contributed by atoms with Gasteiger partial charge in [0.05, 0.1) is 27.8 Å². The van der Waals surface area contributed by atoms with Gasteiger partial charge in [-0.05, 0) is 78.5 Å². The molecule has 240 valence electrons. The van der Waals surface area contributed by atoms with Crippen molar-refractivity contribution in [2.24, 2.45) is 0 Å². The average molecular weight is 687 g/mol. The summed E-state index contributed by atoms with van der Waals surface area (Å²) in [4.78, 5) is 9.09. The lowest BCUT2D eigenvalue weighted by Gasteiger charge is -2.34. The Morgan fingerprint density at radius 1 is 0.392 bits per heavy atom. The lowest BCUT2D eigenvalue weighted by Crippen LogP contribution is -2.28. The highest BCUT2D eigenvalue weighted by molar-refractivity contribution is 7.08. The summed E-state index contributed by atoms with van der Waals surface area (Å²) in [6.45, 7) is 0. The van der Waals surface area contributed by atoms with Crippen LogP contribution in [0.1, 0.15) is 22.3 Å². The van der Waals surface area contributed by atoms with Crippen LogP contribution in [0.3, 0.4) is 0 Å². The number of hydrogen-bond donors (Lipinski definition) is 0. The Morgan fingerprint density at radius 2 is 0.902 bits per heavy atom. The quantitative estimate of drug-likeness (QED) is 0.174. The smallest absolute Gasteiger partial charge is 0.0811 e. The van der Waals surface area contributed by atoms with Crippen LogP contribution in [0.5, 0.6) is 0 Å². The van der Waals surface area contributed by atoms with E-state index in [1.54, 1.807) is 22.7 Å². The molecule has 0 amide bonds. The van der Waals surface area contributed by atoms with Gasteiger partial charge in [-0.1, -0.05) is 146 Å². The van der Waals surface area contributed by atoms with Crippen molar-refractivity contribution in [1.29, 1.82) is 0 Å². The molecular formula is C47H30N2S2. The molecule has 2 aromatic heterocycles. The van der Waals surface area contributed by atoms with Crippen LogP contribution >= 0.6 is 22.7 Å². The largest absolute Gasteiger partial charge is 0.245 e. The molecule has 0 unspecified atom stereocenters. The highest BCUT2D eigenvalue weighted by atomic mass is 32.1. The van der Waals surface area contributed by atoms with E-state index in [0.717, 1.165) is 22.5 Å². The Hall–Kier alpha value is -5.94. The van der Waals surface area contributed by atoms with Crippen molar-refractivity contribution in [1.82, 2.24) is 9.97 Å². The topological polar surface area (TPSA) is 25.8 Å². The molecule has 0 spiro atoms. The second-order valence-corrected chi connectivity index (χ2v) is 14.5. The summed E-state index contributed by atoms with van der Waals surface area (Å²) in [5, 5.41) is 6.73. The minimum atomic E-state index is -0.539. The number of fused-ring (bicyclic) bond motifs is 5. The fourth-order valence-electron chi connectivity index (χ4n) is 8.13. The second-order valence-electron chi connectivity index (χ2n) is 13.0. The first-order chi connectivity index (χ1) is 25.3. The van der Waals surface area contributed by atoms with Crippen molar-refractivity contribution in [2.45, 2.75) is 5.41 Å². The van der Waals surface area contributed by atoms with E-state index in [0.29, 0.717) is 0 Å². The third kappa shape index (κ3) is 4.75. The van der Waals surface area contributed by atoms with Crippen LogP contribution in [0.4, 0.5) is 0 Å². The predicted molar refractivity (Wildman–Crippen MR) is 214 cm³/mol. The van der Waals surface area contributed by atoms with E-state index in [2.05, 4.69) is 178 Å². The molecule has 7 aromatic carbocycles. The molecule has 51 heavy (non-hydrogen) atoms. The number of nitrogens with zero attached hydrogens (tertiary/aromatic N) is 2. The molecule has 0 saturated carbocycles. The Morgan fingerprint density at radius 3 is 1.47 bits per heavy atom. The first-order valence-electron chi connectivity index (χ1n) is 17.1. The minimum absolute atomic E-state index is 0.539. The molecule has 0 saturated heterocycles. The average Bonchev–Trinajstić information content (AvgIpc) is 4.00. The third-order valence-electron chi connectivity index (χ3n) is 10.4. The zero-order valence-corrected chi connectivity index (χ0v) is 29.2. The maximum Gasteiger partial charge on any atom is 0.0811 e. The number of rotatable bonds is 6. The van der Waals surface area contributed by atoms with E-state index in [1.165, 1.54) is 66.4 Å². The summed E-state index contributed by atoms with van der Waals surface area (Å²) < 4.78 is 0. The summed E-state index contributed by atoms with van der Waals surface area (Å²) in [5.74, 6) is 0. The summed E-state index contributed by atoms with van der Waals surface area (Å²) in [6.07, 6.45) is 0. The van der Waals surface area contributed by atoms with E-state index in [9.17, 15) is 0 Å². The first kappa shape index (κ1) is 29.9. The van der Waals surface area contributed by atoms with E-state index in [4.69, 9.17) is 0 Å². The van der Waals surface area contributed by atoms with Gasteiger partial charge in [-0.25, -0.2) is 9.97 Å². The summed E-state index contributed by atoms with van der Waals surface area (Å²) >= 11 is 3.25. The monoisotopic (exact) mass is 686 g/mol. The summed E-state index contributed by atoms with van der Waals surface area (Å²) in [7, 11) is 0. The molecule has 0 aliphatic heterocycles. The van der Waals surface area contributed by atoms with Crippen LogP contribution < -0.4 is 0 Å². The van der Waals surface area contributed by atoms with Gasteiger partial charge in [-0.15, -0.1) is 22.7 Å². The molecule has 0 fully saturated rings. The van der Waals surface area contributed by atoms with Crippen LogP contribution in [0, 0.1) is 0 Å². The highest BCUT2D eigenvalue weighted by Gasteiger charge is 2.47. The lowest BCUT2D eigenvalue weighted by molar-refractivity contribution is 0.769. The molecule has 1 aliphatic rings. The van der Waals surface area contributed by atoms with Gasteiger partial charge in [0.1, 0.15) is 0 Å².